The monoisotopic (exact) mass is 288 g/mol. The molecule has 0 saturated carbocycles. The number of hydrogen-bond acceptors (Lipinski definition) is 2. The Morgan fingerprint density at radius 1 is 1.28 bits per heavy atom. The first-order chi connectivity index (χ1) is 8.54. The molecule has 0 aliphatic rings. The van der Waals surface area contributed by atoms with Crippen LogP contribution in [0, 0.1) is 18.6 Å². The van der Waals surface area contributed by atoms with Crippen LogP contribution < -0.4 is 4.74 Å². The van der Waals surface area contributed by atoms with Crippen molar-refractivity contribution in [2.75, 3.05) is 7.11 Å². The van der Waals surface area contributed by atoms with Crippen molar-refractivity contribution in [1.29, 1.82) is 0 Å². The molecule has 18 heavy (non-hydrogen) atoms. The Balaban J connectivity index is 2.48. The zero-order chi connectivity index (χ0) is 13.3. The Kier molecular flexibility index (Phi) is 3.88. The second-order valence-corrected chi connectivity index (χ2v) is 5.22. The van der Waals surface area contributed by atoms with Crippen LogP contribution in [-0.4, -0.2) is 7.11 Å². The number of hydrogen-bond donors (Lipinski definition) is 0. The van der Waals surface area contributed by atoms with Gasteiger partial charge in [0.15, 0.2) is 0 Å². The van der Waals surface area contributed by atoms with Gasteiger partial charge in [0.25, 0.3) is 0 Å². The van der Waals surface area contributed by atoms with Crippen LogP contribution in [0.3, 0.4) is 0 Å². The number of alkyl halides is 1. The maximum absolute atomic E-state index is 13.9. The Hall–Kier alpha value is -1.13. The minimum Gasteiger partial charge on any atom is -0.497 e. The molecule has 0 spiro atoms. The fraction of sp³-hybridized carbons (Fsp3) is 0.231. The first-order valence-corrected chi connectivity index (χ1v) is 6.57. The molecule has 0 saturated heterocycles. The van der Waals surface area contributed by atoms with Gasteiger partial charge in [0.1, 0.15) is 17.4 Å². The third kappa shape index (κ3) is 2.35. The van der Waals surface area contributed by atoms with Gasteiger partial charge in [-0.05, 0) is 23.9 Å². The van der Waals surface area contributed by atoms with E-state index in [2.05, 4.69) is 0 Å². The molecule has 2 aromatic rings. The van der Waals surface area contributed by atoms with Crippen LogP contribution in [-0.2, 0) is 0 Å². The highest BCUT2D eigenvalue weighted by Crippen LogP contribution is 2.38. The van der Waals surface area contributed by atoms with Crippen molar-refractivity contribution in [3.05, 3.63) is 51.2 Å². The Labute approximate surface area is 113 Å². The molecule has 0 radical (unpaired) electrons. The molecular weight excluding hydrogens is 278 g/mol. The molecule has 5 heteroatoms. The molecule has 0 bridgehead atoms. The molecule has 1 nitrogen and oxygen atoms in total. The predicted octanol–water partition coefficient (Wildman–Crippen LogP) is 4.67. The molecule has 1 atom stereocenters. The molecule has 0 amide bonds. The number of methoxy groups -OCH3 is 1. The highest BCUT2D eigenvalue weighted by atomic mass is 35.5. The van der Waals surface area contributed by atoms with E-state index in [0.717, 1.165) is 22.6 Å². The number of halogens is 3. The Morgan fingerprint density at radius 2 is 1.89 bits per heavy atom. The van der Waals surface area contributed by atoms with E-state index in [-0.39, 0.29) is 11.3 Å². The van der Waals surface area contributed by atoms with E-state index >= 15 is 0 Å². The smallest absolute Gasteiger partial charge is 0.134 e. The Morgan fingerprint density at radius 3 is 2.33 bits per heavy atom. The lowest BCUT2D eigenvalue weighted by Crippen LogP contribution is -2.01. The van der Waals surface area contributed by atoms with Crippen molar-refractivity contribution >= 4 is 22.9 Å². The first-order valence-electron chi connectivity index (χ1n) is 5.25. The van der Waals surface area contributed by atoms with Crippen molar-refractivity contribution in [2.24, 2.45) is 0 Å². The molecule has 1 aromatic heterocycles. The summed E-state index contributed by atoms with van der Waals surface area (Å²) in [6.45, 7) is 1.86. The largest absolute Gasteiger partial charge is 0.497 e. The van der Waals surface area contributed by atoms with Crippen LogP contribution in [0.2, 0.25) is 0 Å². The summed E-state index contributed by atoms with van der Waals surface area (Å²) in [5.74, 6) is -1.25. The zero-order valence-electron chi connectivity index (χ0n) is 9.84. The van der Waals surface area contributed by atoms with Gasteiger partial charge in [-0.3, -0.25) is 0 Å². The highest BCUT2D eigenvalue weighted by Gasteiger charge is 2.23. The lowest BCUT2D eigenvalue weighted by molar-refractivity contribution is 0.405. The Bertz CT molecular complexity index is 545. The molecule has 1 unspecified atom stereocenters. The second-order valence-electron chi connectivity index (χ2n) is 3.84. The highest BCUT2D eigenvalue weighted by molar-refractivity contribution is 7.10. The van der Waals surface area contributed by atoms with Gasteiger partial charge in [0, 0.05) is 22.6 Å². The topological polar surface area (TPSA) is 9.23 Å². The average molecular weight is 289 g/mol. The van der Waals surface area contributed by atoms with Gasteiger partial charge >= 0.3 is 0 Å². The molecule has 1 heterocycles. The third-order valence-corrected chi connectivity index (χ3v) is 4.32. The summed E-state index contributed by atoms with van der Waals surface area (Å²) in [5, 5.41) is 1.02. The fourth-order valence-electron chi connectivity index (χ4n) is 1.70. The second kappa shape index (κ2) is 5.24. The molecule has 0 N–H and O–H groups in total. The normalized spacial score (nSPS) is 12.5. The van der Waals surface area contributed by atoms with Gasteiger partial charge in [-0.1, -0.05) is 0 Å². The van der Waals surface area contributed by atoms with Crippen molar-refractivity contribution < 1.29 is 13.5 Å². The average Bonchev–Trinajstić information content (AvgIpc) is 2.74. The van der Waals surface area contributed by atoms with Gasteiger partial charge < -0.3 is 4.74 Å². The molecular formula is C13H11ClF2OS. The number of thiophene rings is 1. The number of ether oxygens (including phenoxy) is 1. The van der Waals surface area contributed by atoms with E-state index in [1.807, 2.05) is 18.4 Å². The van der Waals surface area contributed by atoms with Gasteiger partial charge in [-0.2, -0.15) is 0 Å². The van der Waals surface area contributed by atoms with Crippen LogP contribution in [0.25, 0.3) is 0 Å². The summed E-state index contributed by atoms with van der Waals surface area (Å²) in [5.41, 5.74) is 0.789. The third-order valence-electron chi connectivity index (χ3n) is 2.67. The SMILES string of the molecule is COc1cc(F)c(C(Cl)c2sccc2C)c(F)c1. The standard InChI is InChI=1S/C13H11ClF2OS/c1-7-3-4-18-13(7)12(14)11-9(15)5-8(17-2)6-10(11)16/h3-6,12H,1-2H3. The molecule has 2 rings (SSSR count). The van der Waals surface area contributed by atoms with E-state index in [0.29, 0.717) is 0 Å². The number of benzene rings is 1. The number of rotatable bonds is 3. The molecule has 1 aromatic carbocycles. The van der Waals surface area contributed by atoms with E-state index in [4.69, 9.17) is 16.3 Å². The minimum atomic E-state index is -0.823. The lowest BCUT2D eigenvalue weighted by atomic mass is 10.1. The molecule has 96 valence electrons. The maximum Gasteiger partial charge on any atom is 0.134 e. The minimum absolute atomic E-state index is 0.136. The van der Waals surface area contributed by atoms with Crippen molar-refractivity contribution in [3.8, 4) is 5.75 Å². The van der Waals surface area contributed by atoms with E-state index in [9.17, 15) is 8.78 Å². The maximum atomic E-state index is 13.9. The summed E-state index contributed by atoms with van der Waals surface area (Å²) < 4.78 is 32.5. The lowest BCUT2D eigenvalue weighted by Gasteiger charge is -2.13. The van der Waals surface area contributed by atoms with Gasteiger partial charge in [0.2, 0.25) is 0 Å². The van der Waals surface area contributed by atoms with Crippen LogP contribution in [0.15, 0.2) is 23.6 Å². The summed E-state index contributed by atoms with van der Waals surface area (Å²) in [4.78, 5) is 0.750. The van der Waals surface area contributed by atoms with Crippen molar-refractivity contribution in [1.82, 2.24) is 0 Å². The summed E-state index contributed by atoms with van der Waals surface area (Å²) in [6, 6.07) is 4.14. The van der Waals surface area contributed by atoms with Gasteiger partial charge in [-0.25, -0.2) is 8.78 Å². The number of aryl methyl sites for hydroxylation is 1. The van der Waals surface area contributed by atoms with Crippen molar-refractivity contribution in [3.63, 3.8) is 0 Å². The quantitative estimate of drug-likeness (QED) is 0.746. The van der Waals surface area contributed by atoms with Crippen molar-refractivity contribution in [2.45, 2.75) is 12.3 Å². The molecule has 0 aliphatic carbocycles. The predicted molar refractivity (Wildman–Crippen MR) is 69.7 cm³/mol. The van der Waals surface area contributed by atoms with Crippen LogP contribution in [0.1, 0.15) is 21.4 Å². The van der Waals surface area contributed by atoms with E-state index in [1.54, 1.807) is 0 Å². The molecule has 0 fully saturated rings. The van der Waals surface area contributed by atoms with Gasteiger partial charge in [0.05, 0.1) is 12.5 Å². The van der Waals surface area contributed by atoms with Crippen LogP contribution in [0.5, 0.6) is 5.75 Å². The van der Waals surface area contributed by atoms with Crippen LogP contribution >= 0.6 is 22.9 Å². The zero-order valence-corrected chi connectivity index (χ0v) is 11.4. The summed E-state index contributed by atoms with van der Waals surface area (Å²) in [6.07, 6.45) is 0. The first kappa shape index (κ1) is 13.3. The van der Waals surface area contributed by atoms with Crippen LogP contribution in [0.4, 0.5) is 8.78 Å². The van der Waals surface area contributed by atoms with E-state index in [1.165, 1.54) is 18.4 Å². The van der Waals surface area contributed by atoms with E-state index < -0.39 is 17.0 Å². The summed E-state index contributed by atoms with van der Waals surface area (Å²) >= 11 is 7.56. The molecule has 0 aliphatic heterocycles. The fourth-order valence-corrected chi connectivity index (χ4v) is 3.14. The van der Waals surface area contributed by atoms with Gasteiger partial charge in [-0.15, -0.1) is 22.9 Å². The summed E-state index contributed by atoms with van der Waals surface area (Å²) in [7, 11) is 1.36.